The van der Waals surface area contributed by atoms with Gasteiger partial charge in [0.15, 0.2) is 0 Å². The molecule has 68 valence electrons. The lowest BCUT2D eigenvalue weighted by Crippen LogP contribution is -3.17. The van der Waals surface area contributed by atoms with Crippen LogP contribution in [0.4, 0.5) is 0 Å². The normalized spacial score (nSPS) is 8.82. The van der Waals surface area contributed by atoms with Crippen LogP contribution in [0.5, 0.6) is 0 Å². The molecule has 0 fully saturated rings. The summed E-state index contributed by atoms with van der Waals surface area (Å²) in [6, 6.07) is 0. The Balaban J connectivity index is 0. The van der Waals surface area contributed by atoms with E-state index < -0.39 is 11.8 Å². The number of carboxylic acid groups (broad SMARTS) is 1. The van der Waals surface area contributed by atoms with Crippen LogP contribution in [0.2, 0.25) is 0 Å². The lowest BCUT2D eigenvalue weighted by Gasteiger charge is -2.03. The first-order valence-corrected chi connectivity index (χ1v) is 3.97. The van der Waals surface area contributed by atoms with Gasteiger partial charge in [0.05, 0.1) is 24.9 Å². The molecule has 0 aliphatic heterocycles. The molecule has 0 unspecified atom stereocenters. The molecular weight excluding hydrogens is 168 g/mol. The highest BCUT2D eigenvalue weighted by Crippen LogP contribution is 1.63. The Kier molecular flexibility index (Phi) is 11.7. The molecule has 11 heavy (non-hydrogen) atoms. The number of nitrogens with two attached hydrogens (primary N) is 1. The van der Waals surface area contributed by atoms with E-state index in [1.807, 2.05) is 0 Å². The van der Waals surface area contributed by atoms with E-state index in [0.29, 0.717) is 0 Å². The zero-order chi connectivity index (χ0) is 9.28. The third kappa shape index (κ3) is 17.7. The highest BCUT2D eigenvalue weighted by atomic mass is 35.5. The van der Waals surface area contributed by atoms with E-state index in [0.717, 1.165) is 18.1 Å². The number of halogens is 1. The predicted molar refractivity (Wildman–Crippen MR) is 42.0 cm³/mol. The van der Waals surface area contributed by atoms with Gasteiger partial charge in [-0.05, 0) is 13.8 Å². The standard InChI is InChI=1S/C4H12N2.C2H3ClO2/c1-3-6(5)4-2;3-1-2(4)5/h3-5H2,1-2H3;1H2,(H,4,5). The monoisotopic (exact) mass is 182 g/mol. The fourth-order valence-electron chi connectivity index (χ4n) is 0.250. The highest BCUT2D eigenvalue weighted by molar-refractivity contribution is 6.25. The molecule has 0 rings (SSSR count). The van der Waals surface area contributed by atoms with Crippen LogP contribution >= 0.6 is 11.6 Å². The minimum Gasteiger partial charge on any atom is -0.549 e. The average Bonchev–Trinajstić information content (AvgIpc) is 2.04. The molecule has 0 spiro atoms. The number of hydrogen-bond donors (Lipinski definition) is 2. The molecule has 0 saturated carbocycles. The van der Waals surface area contributed by atoms with Gasteiger partial charge in [-0.25, -0.2) is 0 Å². The molecule has 0 saturated heterocycles. The topological polar surface area (TPSA) is 70.6 Å². The van der Waals surface area contributed by atoms with Crippen molar-refractivity contribution in [1.82, 2.24) is 0 Å². The van der Waals surface area contributed by atoms with Crippen LogP contribution in [0.3, 0.4) is 0 Å². The Morgan fingerprint density at radius 1 is 1.55 bits per heavy atom. The first-order chi connectivity index (χ1) is 5.08. The number of aliphatic carboxylic acids is 1. The van der Waals surface area contributed by atoms with E-state index in [-0.39, 0.29) is 0 Å². The van der Waals surface area contributed by atoms with Crippen molar-refractivity contribution in [2.75, 3.05) is 19.0 Å². The maximum atomic E-state index is 9.12. The summed E-state index contributed by atoms with van der Waals surface area (Å²) in [5.74, 6) is 3.74. The zero-order valence-corrected chi connectivity index (χ0v) is 7.65. The summed E-state index contributed by atoms with van der Waals surface area (Å²) in [7, 11) is 0. The van der Waals surface area contributed by atoms with Gasteiger partial charge in [-0.3, -0.25) is 5.01 Å². The van der Waals surface area contributed by atoms with Crippen LogP contribution in [-0.4, -0.2) is 24.9 Å². The summed E-state index contributed by atoms with van der Waals surface area (Å²) in [5, 5.41) is 10.2. The first kappa shape index (κ1) is 13.3. The molecule has 0 aliphatic carbocycles. The molecular formula is C6H15ClN2O2. The Labute approximate surface area is 71.9 Å². The SMILES string of the molecule is CC[NH+](N)CC.O=C([O-])CCl. The van der Waals surface area contributed by atoms with Crippen molar-refractivity contribution in [3.8, 4) is 0 Å². The summed E-state index contributed by atoms with van der Waals surface area (Å²) in [5.41, 5.74) is 0. The van der Waals surface area contributed by atoms with Gasteiger partial charge in [0.1, 0.15) is 0 Å². The molecule has 0 aromatic heterocycles. The summed E-state index contributed by atoms with van der Waals surface area (Å²) < 4.78 is 0. The fraction of sp³-hybridized carbons (Fsp3) is 0.833. The molecule has 0 amide bonds. The maximum Gasteiger partial charge on any atom is 0.0915 e. The second kappa shape index (κ2) is 9.68. The van der Waals surface area contributed by atoms with Crippen LogP contribution < -0.4 is 16.0 Å². The number of carbonyl (C=O) groups excluding carboxylic acids is 1. The quantitative estimate of drug-likeness (QED) is 0.295. The van der Waals surface area contributed by atoms with Gasteiger partial charge in [0, 0.05) is 0 Å². The van der Waals surface area contributed by atoms with Crippen molar-refractivity contribution in [3.05, 3.63) is 0 Å². The van der Waals surface area contributed by atoms with Crippen LogP contribution in [0.1, 0.15) is 13.8 Å². The summed E-state index contributed by atoms with van der Waals surface area (Å²) in [6.07, 6.45) is 0. The van der Waals surface area contributed by atoms with Crippen molar-refractivity contribution in [3.63, 3.8) is 0 Å². The van der Waals surface area contributed by atoms with Gasteiger partial charge in [0.2, 0.25) is 0 Å². The van der Waals surface area contributed by atoms with Gasteiger partial charge in [0.25, 0.3) is 0 Å². The Hall–Kier alpha value is -0.320. The lowest BCUT2D eigenvalue weighted by atomic mass is 10.6. The number of quaternary nitrogens is 1. The minimum absolute atomic E-state index is 0.417. The van der Waals surface area contributed by atoms with E-state index in [2.05, 4.69) is 25.4 Å². The van der Waals surface area contributed by atoms with E-state index in [1.165, 1.54) is 0 Å². The summed E-state index contributed by atoms with van der Waals surface area (Å²) >= 11 is 4.67. The molecule has 0 aromatic carbocycles. The molecule has 4 nitrogen and oxygen atoms in total. The third-order valence-electron chi connectivity index (χ3n) is 1.02. The molecule has 3 N–H and O–H groups in total. The van der Waals surface area contributed by atoms with Gasteiger partial charge >= 0.3 is 0 Å². The fourth-order valence-corrected chi connectivity index (χ4v) is 0.250. The van der Waals surface area contributed by atoms with Crippen LogP contribution in [0, 0.1) is 0 Å². The predicted octanol–water partition coefficient (Wildman–Crippen LogP) is -2.24. The zero-order valence-electron chi connectivity index (χ0n) is 6.89. The summed E-state index contributed by atoms with van der Waals surface area (Å²) in [4.78, 5) is 9.12. The number of carboxylic acids is 1. The molecule has 0 aliphatic rings. The van der Waals surface area contributed by atoms with E-state index >= 15 is 0 Å². The van der Waals surface area contributed by atoms with Crippen LogP contribution in [-0.2, 0) is 4.79 Å². The van der Waals surface area contributed by atoms with E-state index in [9.17, 15) is 0 Å². The summed E-state index contributed by atoms with van der Waals surface area (Å²) in [6.45, 7) is 6.19. The Morgan fingerprint density at radius 2 is 1.82 bits per heavy atom. The molecule has 0 aromatic rings. The van der Waals surface area contributed by atoms with Gasteiger partial charge < -0.3 is 9.90 Å². The minimum atomic E-state index is -1.23. The maximum absolute atomic E-state index is 9.12. The van der Waals surface area contributed by atoms with Crippen molar-refractivity contribution >= 4 is 17.6 Å². The third-order valence-corrected chi connectivity index (χ3v) is 1.24. The second-order valence-corrected chi connectivity index (χ2v) is 2.14. The van der Waals surface area contributed by atoms with Crippen molar-refractivity contribution in [2.24, 2.45) is 5.84 Å². The number of alkyl halides is 1. The van der Waals surface area contributed by atoms with Gasteiger partial charge in [-0.2, -0.15) is 5.84 Å². The van der Waals surface area contributed by atoms with E-state index in [4.69, 9.17) is 15.7 Å². The van der Waals surface area contributed by atoms with Crippen molar-refractivity contribution in [1.29, 1.82) is 0 Å². The van der Waals surface area contributed by atoms with Crippen molar-refractivity contribution < 1.29 is 14.9 Å². The molecule has 0 atom stereocenters. The molecule has 5 heteroatoms. The Bertz CT molecular complexity index is 96.6. The average molecular weight is 183 g/mol. The molecule has 0 bridgehead atoms. The number of rotatable bonds is 3. The largest absolute Gasteiger partial charge is 0.549 e. The van der Waals surface area contributed by atoms with Crippen LogP contribution in [0.25, 0.3) is 0 Å². The van der Waals surface area contributed by atoms with Gasteiger partial charge in [-0.15, -0.1) is 11.6 Å². The molecule has 0 heterocycles. The Morgan fingerprint density at radius 3 is 1.82 bits per heavy atom. The second-order valence-electron chi connectivity index (χ2n) is 1.87. The first-order valence-electron chi connectivity index (χ1n) is 3.44. The highest BCUT2D eigenvalue weighted by Gasteiger charge is 1.86. The van der Waals surface area contributed by atoms with E-state index in [1.54, 1.807) is 0 Å². The van der Waals surface area contributed by atoms with Crippen LogP contribution in [0.15, 0.2) is 0 Å². The number of nitrogens with one attached hydrogen (secondary N) is 1. The van der Waals surface area contributed by atoms with Crippen molar-refractivity contribution in [2.45, 2.75) is 13.8 Å². The molecule has 0 radical (unpaired) electrons. The van der Waals surface area contributed by atoms with Gasteiger partial charge in [-0.1, -0.05) is 0 Å². The lowest BCUT2D eigenvalue weighted by molar-refractivity contribution is -0.908. The smallest absolute Gasteiger partial charge is 0.0915 e. The number of hydrogen-bond acceptors (Lipinski definition) is 3. The number of carbonyl (C=O) groups is 1.